The number of fused-ring (bicyclic) bond motifs is 1. The summed E-state index contributed by atoms with van der Waals surface area (Å²) < 4.78 is 5.70. The molecule has 166 valence electrons. The zero-order chi connectivity index (χ0) is 22.3. The normalized spacial score (nSPS) is 12.7. The van der Waals surface area contributed by atoms with E-state index in [1.165, 1.54) is 16.2 Å². The Hall–Kier alpha value is -3.12. The molecule has 2 N–H and O–H groups in total. The quantitative estimate of drug-likeness (QED) is 0.397. The van der Waals surface area contributed by atoms with Gasteiger partial charge in [-0.15, -0.1) is 11.3 Å². The summed E-state index contributed by atoms with van der Waals surface area (Å²) in [4.78, 5) is 27.2. The van der Waals surface area contributed by atoms with E-state index in [2.05, 4.69) is 17.6 Å². The summed E-state index contributed by atoms with van der Waals surface area (Å²) >= 11 is 1.52. The van der Waals surface area contributed by atoms with Crippen molar-refractivity contribution in [2.24, 2.45) is 0 Å². The van der Waals surface area contributed by atoms with Crippen molar-refractivity contribution in [3.63, 3.8) is 0 Å². The van der Waals surface area contributed by atoms with Crippen LogP contribution in [0.5, 0.6) is 5.75 Å². The lowest BCUT2D eigenvalue weighted by Crippen LogP contribution is -2.18. The van der Waals surface area contributed by atoms with Gasteiger partial charge in [0, 0.05) is 16.1 Å². The number of carbonyl (C=O) groups excluding carboxylic acids is 2. The third kappa shape index (κ3) is 5.19. The molecule has 5 nitrogen and oxygen atoms in total. The number of amides is 2. The number of hydrogen-bond acceptors (Lipinski definition) is 4. The molecular formula is C26H28N2O3S. The van der Waals surface area contributed by atoms with Crippen molar-refractivity contribution in [2.45, 2.75) is 45.4 Å². The van der Waals surface area contributed by atoms with Crippen LogP contribution in [0.2, 0.25) is 0 Å². The van der Waals surface area contributed by atoms with Gasteiger partial charge in [0.15, 0.2) is 0 Å². The minimum Gasteiger partial charge on any atom is -0.494 e. The van der Waals surface area contributed by atoms with Crippen LogP contribution >= 0.6 is 11.3 Å². The third-order valence-corrected chi connectivity index (χ3v) is 6.75. The summed E-state index contributed by atoms with van der Waals surface area (Å²) in [6.45, 7) is 2.81. The van der Waals surface area contributed by atoms with E-state index >= 15 is 0 Å². The van der Waals surface area contributed by atoms with E-state index in [0.29, 0.717) is 28.4 Å². The number of aryl methyl sites for hydroxylation is 1. The molecular weight excluding hydrogens is 420 g/mol. The fraction of sp³-hybridized carbons (Fsp3) is 0.308. The molecule has 0 atom stereocenters. The largest absolute Gasteiger partial charge is 0.494 e. The molecule has 2 amide bonds. The molecule has 3 aromatic rings. The second-order valence-corrected chi connectivity index (χ2v) is 9.02. The Morgan fingerprint density at radius 1 is 0.938 bits per heavy atom. The highest BCUT2D eigenvalue weighted by Crippen LogP contribution is 2.38. The van der Waals surface area contributed by atoms with Crippen molar-refractivity contribution in [1.82, 2.24) is 0 Å². The fourth-order valence-corrected chi connectivity index (χ4v) is 5.10. The maximum atomic E-state index is 13.3. The van der Waals surface area contributed by atoms with Crippen molar-refractivity contribution in [1.29, 1.82) is 0 Å². The van der Waals surface area contributed by atoms with Gasteiger partial charge in [0.25, 0.3) is 11.8 Å². The predicted octanol–water partition coefficient (Wildman–Crippen LogP) is 6.31. The molecule has 1 aromatic heterocycles. The van der Waals surface area contributed by atoms with Gasteiger partial charge in [0.2, 0.25) is 0 Å². The van der Waals surface area contributed by atoms with Crippen molar-refractivity contribution >= 4 is 33.8 Å². The lowest BCUT2D eigenvalue weighted by molar-refractivity contribution is 0.102. The van der Waals surface area contributed by atoms with Gasteiger partial charge in [0.1, 0.15) is 10.8 Å². The second kappa shape index (κ2) is 10.5. The fourth-order valence-electron chi connectivity index (χ4n) is 3.82. The zero-order valence-corrected chi connectivity index (χ0v) is 19.1. The summed E-state index contributed by atoms with van der Waals surface area (Å²) in [5.74, 6) is 0.402. The minimum absolute atomic E-state index is 0.188. The topological polar surface area (TPSA) is 67.4 Å². The highest BCUT2D eigenvalue weighted by molar-refractivity contribution is 7.17. The van der Waals surface area contributed by atoms with Crippen molar-refractivity contribution < 1.29 is 14.3 Å². The van der Waals surface area contributed by atoms with E-state index in [1.807, 2.05) is 42.5 Å². The first-order chi connectivity index (χ1) is 15.7. The number of carbonyl (C=O) groups is 2. The van der Waals surface area contributed by atoms with Gasteiger partial charge in [0.05, 0.1) is 12.2 Å². The SMILES string of the molecule is CCCCOc1ccc(NC(=O)c2c(NC(=O)c3ccccc3)sc3c2CCCC3)cc1. The van der Waals surface area contributed by atoms with E-state index in [1.54, 1.807) is 12.1 Å². The number of ether oxygens (including phenoxy) is 1. The van der Waals surface area contributed by atoms with E-state index in [0.717, 1.165) is 49.8 Å². The molecule has 6 heteroatoms. The molecule has 1 heterocycles. The van der Waals surface area contributed by atoms with E-state index in [9.17, 15) is 9.59 Å². The lowest BCUT2D eigenvalue weighted by Gasteiger charge is -2.14. The molecule has 0 spiro atoms. The summed E-state index contributed by atoms with van der Waals surface area (Å²) in [5, 5.41) is 6.62. The van der Waals surface area contributed by atoms with Crippen molar-refractivity contribution in [3.05, 3.63) is 76.2 Å². The van der Waals surface area contributed by atoms with Crippen LogP contribution in [0.1, 0.15) is 63.8 Å². The number of rotatable bonds is 8. The highest BCUT2D eigenvalue weighted by atomic mass is 32.1. The standard InChI is InChI=1S/C26H28N2O3S/c1-2-3-17-31-20-15-13-19(14-16-20)27-25(30)23-21-11-7-8-12-22(21)32-26(23)28-24(29)18-9-5-4-6-10-18/h4-6,9-10,13-16H,2-3,7-8,11-12,17H2,1H3,(H,27,30)(H,28,29). The van der Waals surface area contributed by atoms with Crippen LogP contribution in [0.15, 0.2) is 54.6 Å². The molecule has 0 unspecified atom stereocenters. The number of nitrogens with one attached hydrogen (secondary N) is 2. The van der Waals surface area contributed by atoms with Crippen LogP contribution < -0.4 is 15.4 Å². The Morgan fingerprint density at radius 3 is 2.44 bits per heavy atom. The molecule has 32 heavy (non-hydrogen) atoms. The number of unbranched alkanes of at least 4 members (excludes halogenated alkanes) is 1. The van der Waals surface area contributed by atoms with E-state index in [4.69, 9.17) is 4.74 Å². The maximum Gasteiger partial charge on any atom is 0.258 e. The monoisotopic (exact) mass is 448 g/mol. The Bertz CT molecular complexity index is 1070. The van der Waals surface area contributed by atoms with Crippen LogP contribution in [0.3, 0.4) is 0 Å². The molecule has 0 fully saturated rings. The number of anilines is 2. The summed E-state index contributed by atoms with van der Waals surface area (Å²) in [6, 6.07) is 16.5. The summed E-state index contributed by atoms with van der Waals surface area (Å²) in [6.07, 6.45) is 6.08. The molecule has 1 aliphatic rings. The Morgan fingerprint density at radius 2 is 1.69 bits per heavy atom. The van der Waals surface area contributed by atoms with E-state index in [-0.39, 0.29) is 11.8 Å². The van der Waals surface area contributed by atoms with Crippen molar-refractivity contribution in [2.75, 3.05) is 17.2 Å². The number of thiophene rings is 1. The third-order valence-electron chi connectivity index (χ3n) is 5.54. The average Bonchev–Trinajstić information content (AvgIpc) is 3.19. The van der Waals surface area contributed by atoms with Gasteiger partial charge in [-0.3, -0.25) is 9.59 Å². The zero-order valence-electron chi connectivity index (χ0n) is 18.3. The molecule has 4 rings (SSSR count). The second-order valence-electron chi connectivity index (χ2n) is 7.92. The van der Waals surface area contributed by atoms with Gasteiger partial charge < -0.3 is 15.4 Å². The first-order valence-corrected chi connectivity index (χ1v) is 12.0. The van der Waals surface area contributed by atoms with Crippen LogP contribution in [-0.2, 0) is 12.8 Å². The van der Waals surface area contributed by atoms with Crippen LogP contribution in [-0.4, -0.2) is 18.4 Å². The van der Waals surface area contributed by atoms with Gasteiger partial charge in [-0.05, 0) is 74.1 Å². The molecule has 2 aromatic carbocycles. The molecule has 0 saturated carbocycles. The van der Waals surface area contributed by atoms with E-state index < -0.39 is 0 Å². The molecule has 0 aliphatic heterocycles. The van der Waals surface area contributed by atoms with Crippen LogP contribution in [0.4, 0.5) is 10.7 Å². The molecule has 0 radical (unpaired) electrons. The number of benzene rings is 2. The Balaban J connectivity index is 1.53. The summed E-state index contributed by atoms with van der Waals surface area (Å²) in [5.41, 5.74) is 2.94. The smallest absolute Gasteiger partial charge is 0.258 e. The summed E-state index contributed by atoms with van der Waals surface area (Å²) in [7, 11) is 0. The first kappa shape index (κ1) is 22.1. The molecule has 0 bridgehead atoms. The Labute approximate surface area is 192 Å². The Kier molecular flexibility index (Phi) is 7.22. The maximum absolute atomic E-state index is 13.3. The predicted molar refractivity (Wildman–Crippen MR) is 130 cm³/mol. The molecule has 1 aliphatic carbocycles. The molecule has 0 saturated heterocycles. The highest BCUT2D eigenvalue weighted by Gasteiger charge is 2.26. The lowest BCUT2D eigenvalue weighted by atomic mass is 9.95. The van der Waals surface area contributed by atoms with Crippen LogP contribution in [0, 0.1) is 0 Å². The van der Waals surface area contributed by atoms with Crippen molar-refractivity contribution in [3.8, 4) is 5.75 Å². The van der Waals surface area contributed by atoms with Gasteiger partial charge in [-0.2, -0.15) is 0 Å². The van der Waals surface area contributed by atoms with Crippen LogP contribution in [0.25, 0.3) is 0 Å². The van der Waals surface area contributed by atoms with Gasteiger partial charge in [-0.25, -0.2) is 0 Å². The number of hydrogen-bond donors (Lipinski definition) is 2. The minimum atomic E-state index is -0.202. The average molecular weight is 449 g/mol. The first-order valence-electron chi connectivity index (χ1n) is 11.2. The van der Waals surface area contributed by atoms with Gasteiger partial charge >= 0.3 is 0 Å². The van der Waals surface area contributed by atoms with Gasteiger partial charge in [-0.1, -0.05) is 31.5 Å².